The molecular weight excluding hydrogens is 252 g/mol. The molecule has 0 bridgehead atoms. The number of aryl methyl sites for hydroxylation is 3. The lowest BCUT2D eigenvalue weighted by atomic mass is 10.1. The number of carbonyl (C=O) groups is 1. The van der Waals surface area contributed by atoms with Crippen LogP contribution in [0.5, 0.6) is 5.75 Å². The van der Waals surface area contributed by atoms with E-state index in [4.69, 9.17) is 9.84 Å². The summed E-state index contributed by atoms with van der Waals surface area (Å²) in [7, 11) is 0. The molecule has 3 heteroatoms. The SMILES string of the molecule is Cc1cccc(C(=O)Oc2c(C)cc(CO)cc2C)c1. The van der Waals surface area contributed by atoms with E-state index >= 15 is 0 Å². The Kier molecular flexibility index (Phi) is 4.20. The maximum atomic E-state index is 12.2. The molecule has 0 aliphatic carbocycles. The van der Waals surface area contributed by atoms with E-state index in [0.717, 1.165) is 22.3 Å². The van der Waals surface area contributed by atoms with Crippen LogP contribution in [0, 0.1) is 20.8 Å². The molecule has 2 aromatic carbocycles. The second-order valence-corrected chi connectivity index (χ2v) is 4.98. The molecular formula is C17H18O3. The summed E-state index contributed by atoms with van der Waals surface area (Å²) >= 11 is 0. The second-order valence-electron chi connectivity index (χ2n) is 4.98. The van der Waals surface area contributed by atoms with Gasteiger partial charge in [0.2, 0.25) is 0 Å². The molecule has 2 rings (SSSR count). The smallest absolute Gasteiger partial charge is 0.343 e. The molecule has 0 aliphatic rings. The van der Waals surface area contributed by atoms with Crippen molar-refractivity contribution in [1.82, 2.24) is 0 Å². The summed E-state index contributed by atoms with van der Waals surface area (Å²) in [6.45, 7) is 5.65. The minimum Gasteiger partial charge on any atom is -0.422 e. The number of esters is 1. The van der Waals surface area contributed by atoms with Crippen molar-refractivity contribution >= 4 is 5.97 Å². The van der Waals surface area contributed by atoms with Crippen molar-refractivity contribution in [2.75, 3.05) is 0 Å². The fourth-order valence-corrected chi connectivity index (χ4v) is 2.22. The third-order valence-electron chi connectivity index (χ3n) is 3.15. The van der Waals surface area contributed by atoms with Gasteiger partial charge < -0.3 is 9.84 Å². The largest absolute Gasteiger partial charge is 0.422 e. The van der Waals surface area contributed by atoms with E-state index in [1.807, 2.05) is 45.0 Å². The van der Waals surface area contributed by atoms with Crippen LogP contribution in [-0.2, 0) is 6.61 Å². The zero-order valence-electron chi connectivity index (χ0n) is 11.9. The van der Waals surface area contributed by atoms with Gasteiger partial charge in [0.05, 0.1) is 12.2 Å². The normalized spacial score (nSPS) is 10.4. The van der Waals surface area contributed by atoms with Gasteiger partial charge in [-0.15, -0.1) is 0 Å². The van der Waals surface area contributed by atoms with Crippen LogP contribution in [0.2, 0.25) is 0 Å². The van der Waals surface area contributed by atoms with E-state index < -0.39 is 0 Å². The van der Waals surface area contributed by atoms with Gasteiger partial charge in [-0.2, -0.15) is 0 Å². The van der Waals surface area contributed by atoms with Crippen LogP contribution in [0.1, 0.15) is 32.6 Å². The number of benzene rings is 2. The first-order chi connectivity index (χ1) is 9.51. The molecule has 0 atom stereocenters. The third-order valence-corrected chi connectivity index (χ3v) is 3.15. The number of aliphatic hydroxyl groups excluding tert-OH is 1. The number of rotatable bonds is 3. The molecule has 1 N–H and O–H groups in total. The number of aliphatic hydroxyl groups is 1. The first-order valence-corrected chi connectivity index (χ1v) is 6.51. The van der Waals surface area contributed by atoms with Crippen LogP contribution in [0.25, 0.3) is 0 Å². The Hall–Kier alpha value is -2.13. The van der Waals surface area contributed by atoms with E-state index in [1.165, 1.54) is 0 Å². The van der Waals surface area contributed by atoms with Crippen molar-refractivity contribution in [2.24, 2.45) is 0 Å². The van der Waals surface area contributed by atoms with Crippen molar-refractivity contribution in [3.63, 3.8) is 0 Å². The Labute approximate surface area is 118 Å². The van der Waals surface area contributed by atoms with Gasteiger partial charge in [-0.1, -0.05) is 29.8 Å². The highest BCUT2D eigenvalue weighted by atomic mass is 16.5. The van der Waals surface area contributed by atoms with Gasteiger partial charge in [0.1, 0.15) is 5.75 Å². The van der Waals surface area contributed by atoms with Gasteiger partial charge in [-0.05, 0) is 49.6 Å². The minimum absolute atomic E-state index is 0.0201. The van der Waals surface area contributed by atoms with Crippen molar-refractivity contribution in [1.29, 1.82) is 0 Å². The Morgan fingerprint density at radius 2 is 1.75 bits per heavy atom. The Morgan fingerprint density at radius 3 is 2.30 bits per heavy atom. The Balaban J connectivity index is 2.28. The first-order valence-electron chi connectivity index (χ1n) is 6.51. The lowest BCUT2D eigenvalue weighted by molar-refractivity contribution is 0.0732. The molecule has 3 nitrogen and oxygen atoms in total. The van der Waals surface area contributed by atoms with Crippen LogP contribution in [0.3, 0.4) is 0 Å². The fourth-order valence-electron chi connectivity index (χ4n) is 2.22. The van der Waals surface area contributed by atoms with Gasteiger partial charge in [0, 0.05) is 0 Å². The number of hydrogen-bond acceptors (Lipinski definition) is 3. The van der Waals surface area contributed by atoms with Gasteiger partial charge in [-0.3, -0.25) is 0 Å². The molecule has 0 saturated carbocycles. The van der Waals surface area contributed by atoms with Gasteiger partial charge in [0.15, 0.2) is 0 Å². The lowest BCUT2D eigenvalue weighted by Gasteiger charge is -2.12. The van der Waals surface area contributed by atoms with E-state index in [1.54, 1.807) is 12.1 Å². The summed E-state index contributed by atoms with van der Waals surface area (Å²) in [5.74, 6) is 0.199. The molecule has 0 fully saturated rings. The van der Waals surface area contributed by atoms with Crippen molar-refractivity contribution in [3.8, 4) is 5.75 Å². The highest BCUT2D eigenvalue weighted by Crippen LogP contribution is 2.26. The van der Waals surface area contributed by atoms with E-state index in [9.17, 15) is 4.79 Å². The molecule has 0 heterocycles. The minimum atomic E-state index is -0.364. The van der Waals surface area contributed by atoms with Crippen molar-refractivity contribution in [3.05, 3.63) is 64.2 Å². The van der Waals surface area contributed by atoms with Crippen molar-refractivity contribution in [2.45, 2.75) is 27.4 Å². The van der Waals surface area contributed by atoms with Crippen LogP contribution < -0.4 is 4.74 Å². The van der Waals surface area contributed by atoms with Crippen LogP contribution in [-0.4, -0.2) is 11.1 Å². The number of ether oxygens (including phenoxy) is 1. The quantitative estimate of drug-likeness (QED) is 0.687. The maximum Gasteiger partial charge on any atom is 0.343 e. The monoisotopic (exact) mass is 270 g/mol. The fraction of sp³-hybridized carbons (Fsp3) is 0.235. The van der Waals surface area contributed by atoms with Crippen LogP contribution in [0.15, 0.2) is 36.4 Å². The predicted molar refractivity (Wildman–Crippen MR) is 78.0 cm³/mol. The molecule has 0 amide bonds. The molecule has 0 radical (unpaired) electrons. The number of carbonyl (C=O) groups excluding carboxylic acids is 1. The highest BCUT2D eigenvalue weighted by Gasteiger charge is 2.13. The predicted octanol–water partition coefficient (Wildman–Crippen LogP) is 3.32. The summed E-state index contributed by atoms with van der Waals surface area (Å²) in [5.41, 5.74) is 4.05. The van der Waals surface area contributed by atoms with E-state index in [0.29, 0.717) is 11.3 Å². The molecule has 0 unspecified atom stereocenters. The molecule has 0 aromatic heterocycles. The molecule has 20 heavy (non-hydrogen) atoms. The first kappa shape index (κ1) is 14.3. The van der Waals surface area contributed by atoms with Gasteiger partial charge >= 0.3 is 5.97 Å². The second kappa shape index (κ2) is 5.88. The van der Waals surface area contributed by atoms with Crippen LogP contribution >= 0.6 is 0 Å². The zero-order chi connectivity index (χ0) is 14.7. The summed E-state index contributed by atoms with van der Waals surface area (Å²) in [5, 5.41) is 9.16. The molecule has 2 aromatic rings. The van der Waals surface area contributed by atoms with Gasteiger partial charge in [0.25, 0.3) is 0 Å². The summed E-state index contributed by atoms with van der Waals surface area (Å²) in [6, 6.07) is 11.0. The summed E-state index contributed by atoms with van der Waals surface area (Å²) in [6.07, 6.45) is 0. The number of hydrogen-bond donors (Lipinski definition) is 1. The van der Waals surface area contributed by atoms with E-state index in [2.05, 4.69) is 0 Å². The standard InChI is InChI=1S/C17H18O3/c1-11-5-4-6-15(7-11)17(19)20-16-12(2)8-14(10-18)9-13(16)3/h4-9,18H,10H2,1-3H3. The lowest BCUT2D eigenvalue weighted by Crippen LogP contribution is -2.10. The summed E-state index contributed by atoms with van der Waals surface area (Å²) < 4.78 is 5.50. The molecule has 0 spiro atoms. The summed E-state index contributed by atoms with van der Waals surface area (Å²) in [4.78, 5) is 12.2. The molecule has 0 aliphatic heterocycles. The Bertz CT molecular complexity index is 621. The maximum absolute atomic E-state index is 12.2. The van der Waals surface area contributed by atoms with Crippen molar-refractivity contribution < 1.29 is 14.6 Å². The molecule has 104 valence electrons. The van der Waals surface area contributed by atoms with Crippen LogP contribution in [0.4, 0.5) is 0 Å². The third kappa shape index (κ3) is 3.06. The van der Waals surface area contributed by atoms with Gasteiger partial charge in [-0.25, -0.2) is 4.79 Å². The Morgan fingerprint density at radius 1 is 1.10 bits per heavy atom. The zero-order valence-corrected chi connectivity index (χ0v) is 11.9. The highest BCUT2D eigenvalue weighted by molar-refractivity contribution is 5.91. The molecule has 0 saturated heterocycles. The van der Waals surface area contributed by atoms with E-state index in [-0.39, 0.29) is 12.6 Å². The topological polar surface area (TPSA) is 46.5 Å². The average Bonchev–Trinajstić information content (AvgIpc) is 2.42. The average molecular weight is 270 g/mol.